The van der Waals surface area contributed by atoms with E-state index < -0.39 is 16.4 Å². The third-order valence-corrected chi connectivity index (χ3v) is 5.63. The van der Waals surface area contributed by atoms with Crippen molar-refractivity contribution in [3.8, 4) is 11.5 Å². The van der Waals surface area contributed by atoms with E-state index in [0.29, 0.717) is 5.92 Å². The van der Waals surface area contributed by atoms with E-state index in [1.54, 1.807) is 0 Å². The molecule has 0 saturated heterocycles. The zero-order valence-corrected chi connectivity index (χ0v) is 16.7. The molecule has 1 aliphatic carbocycles. The lowest BCUT2D eigenvalue weighted by Crippen LogP contribution is -2.33. The Morgan fingerprint density at radius 1 is 1.25 bits per heavy atom. The van der Waals surface area contributed by atoms with Gasteiger partial charge >= 0.3 is 0 Å². The van der Waals surface area contributed by atoms with E-state index in [2.05, 4.69) is 70.7 Å². The van der Waals surface area contributed by atoms with Gasteiger partial charge in [-0.15, -0.1) is 11.5 Å². The number of hydrogen-bond donors (Lipinski definition) is 0. The maximum atomic E-state index is 6.19. The van der Waals surface area contributed by atoms with Crippen molar-refractivity contribution in [2.45, 2.75) is 72.4 Å². The molecule has 2 atom stereocenters. The van der Waals surface area contributed by atoms with E-state index in [0.717, 1.165) is 19.3 Å². The highest BCUT2D eigenvalue weighted by molar-refractivity contribution is 6.83. The molecule has 0 amide bonds. The first kappa shape index (κ1) is 17.6. The smallest absolute Gasteiger partial charge is 0.241 e. The summed E-state index contributed by atoms with van der Waals surface area (Å²) in [5.41, 5.74) is 3.78. The Morgan fingerprint density at radius 2 is 1.85 bits per heavy atom. The average molecular weight is 309 g/mol. The number of allylic oxidation sites excluding steroid dienone is 2. The summed E-state index contributed by atoms with van der Waals surface area (Å²) in [5.74, 6) is 5.40. The third kappa shape index (κ3) is 5.14. The monoisotopic (exact) mass is 308 g/mol. The predicted molar refractivity (Wildman–Crippen MR) is 94.8 cm³/mol. The van der Waals surface area contributed by atoms with Crippen LogP contribution in [0.25, 0.3) is 0 Å². The highest BCUT2D eigenvalue weighted by Crippen LogP contribution is 2.43. The topological polar surface area (TPSA) is 9.23 Å². The van der Waals surface area contributed by atoms with Crippen molar-refractivity contribution in [3.63, 3.8) is 0 Å². The molecule has 3 heteroatoms. The molecular weight excluding hydrogens is 276 g/mol. The fraction of sp³-hybridized carbons (Fsp3) is 0.765. The molecular formula is C17H32OSi2. The molecule has 0 heterocycles. The van der Waals surface area contributed by atoms with Crippen LogP contribution < -0.4 is 0 Å². The van der Waals surface area contributed by atoms with Gasteiger partial charge in [-0.25, -0.2) is 0 Å². The van der Waals surface area contributed by atoms with Crippen LogP contribution in [0.2, 0.25) is 39.3 Å². The van der Waals surface area contributed by atoms with Crippen molar-refractivity contribution in [1.29, 1.82) is 0 Å². The molecule has 1 nitrogen and oxygen atoms in total. The zero-order valence-electron chi connectivity index (χ0n) is 14.7. The fourth-order valence-corrected chi connectivity index (χ4v) is 4.23. The second kappa shape index (κ2) is 6.11. The summed E-state index contributed by atoms with van der Waals surface area (Å²) in [7, 11) is -2.77. The Kier molecular flexibility index (Phi) is 5.37. The maximum absolute atomic E-state index is 6.19. The van der Waals surface area contributed by atoms with Crippen molar-refractivity contribution in [1.82, 2.24) is 0 Å². The van der Waals surface area contributed by atoms with E-state index >= 15 is 0 Å². The van der Waals surface area contributed by atoms with Gasteiger partial charge in [-0.1, -0.05) is 33.5 Å². The Bertz CT molecular complexity index is 429. The molecule has 2 unspecified atom stereocenters. The molecule has 0 radical (unpaired) electrons. The molecule has 1 rings (SSSR count). The van der Waals surface area contributed by atoms with E-state index in [4.69, 9.17) is 4.43 Å². The second-order valence-corrected chi connectivity index (χ2v) is 17.3. The third-order valence-electron chi connectivity index (χ3n) is 3.88. The molecule has 0 N–H and O–H groups in total. The number of rotatable bonds is 3. The van der Waals surface area contributed by atoms with Crippen LogP contribution in [-0.2, 0) is 4.43 Å². The van der Waals surface area contributed by atoms with Gasteiger partial charge in [-0.05, 0) is 44.5 Å². The van der Waals surface area contributed by atoms with Crippen molar-refractivity contribution >= 4 is 16.4 Å². The minimum absolute atomic E-state index is 0.173. The van der Waals surface area contributed by atoms with Gasteiger partial charge in [0.25, 0.3) is 0 Å². The van der Waals surface area contributed by atoms with Crippen LogP contribution >= 0.6 is 0 Å². The lowest BCUT2D eigenvalue weighted by Gasteiger charge is -2.38. The summed E-state index contributed by atoms with van der Waals surface area (Å²) >= 11 is 0. The molecule has 1 aliphatic rings. The molecule has 0 aromatic heterocycles. The largest absolute Gasteiger partial charge is 0.548 e. The van der Waals surface area contributed by atoms with Crippen LogP contribution in [0.3, 0.4) is 0 Å². The van der Waals surface area contributed by atoms with Crippen LogP contribution in [0.5, 0.6) is 0 Å². The minimum Gasteiger partial charge on any atom is -0.548 e. The first-order valence-corrected chi connectivity index (χ1v) is 14.8. The highest BCUT2D eigenvalue weighted by Gasteiger charge is 2.36. The highest BCUT2D eigenvalue weighted by atomic mass is 28.4. The van der Waals surface area contributed by atoms with Gasteiger partial charge in [0.2, 0.25) is 8.32 Å². The summed E-state index contributed by atoms with van der Waals surface area (Å²) in [5, 5.41) is 0. The predicted octanol–water partition coefficient (Wildman–Crippen LogP) is 5.43. The zero-order chi connectivity index (χ0) is 15.6. The number of hydrogen-bond acceptors (Lipinski definition) is 1. The molecule has 0 fully saturated rings. The SMILES string of the molecule is CCC1(C#C[Si](C)(C)C)CCC(O[Si](C)(C)C)=CC1C. The van der Waals surface area contributed by atoms with Crippen LogP contribution in [0, 0.1) is 22.8 Å². The van der Waals surface area contributed by atoms with Gasteiger partial charge in [0.05, 0.1) is 5.76 Å². The van der Waals surface area contributed by atoms with Gasteiger partial charge in [0.15, 0.2) is 0 Å². The summed E-state index contributed by atoms with van der Waals surface area (Å²) in [6, 6.07) is 0. The molecule has 0 aliphatic heterocycles. The Labute approximate surface area is 128 Å². The normalized spacial score (nSPS) is 27.4. The lowest BCUT2D eigenvalue weighted by atomic mass is 9.68. The van der Waals surface area contributed by atoms with Crippen LogP contribution in [0.15, 0.2) is 11.8 Å². The van der Waals surface area contributed by atoms with Crippen molar-refractivity contribution in [2.24, 2.45) is 11.3 Å². The van der Waals surface area contributed by atoms with Gasteiger partial charge < -0.3 is 4.43 Å². The summed E-state index contributed by atoms with van der Waals surface area (Å²) < 4.78 is 6.19. The standard InChI is InChI=1S/C17H32OSi2/c1-9-17(12-13-19(3,4)5)11-10-16(14-15(17)2)18-20(6,7)8/h14-15H,9-11H2,1-8H3. The van der Waals surface area contributed by atoms with Crippen molar-refractivity contribution in [3.05, 3.63) is 11.8 Å². The summed E-state index contributed by atoms with van der Waals surface area (Å²) in [6.07, 6.45) is 5.70. The molecule has 0 aromatic carbocycles. The Morgan fingerprint density at radius 3 is 2.25 bits per heavy atom. The average Bonchev–Trinajstić information content (AvgIpc) is 2.25. The van der Waals surface area contributed by atoms with E-state index in [9.17, 15) is 0 Å². The van der Waals surface area contributed by atoms with Crippen LogP contribution in [0.1, 0.15) is 33.1 Å². The van der Waals surface area contributed by atoms with Crippen LogP contribution in [0.4, 0.5) is 0 Å². The van der Waals surface area contributed by atoms with Crippen LogP contribution in [-0.4, -0.2) is 16.4 Å². The fourth-order valence-electron chi connectivity index (χ4n) is 2.65. The van der Waals surface area contributed by atoms with Gasteiger partial charge in [-0.2, -0.15) is 0 Å². The minimum atomic E-state index is -1.48. The summed E-state index contributed by atoms with van der Waals surface area (Å²) in [4.78, 5) is 0. The lowest BCUT2D eigenvalue weighted by molar-refractivity contribution is 0.227. The quantitative estimate of drug-likeness (QED) is 0.499. The van der Waals surface area contributed by atoms with Gasteiger partial charge in [0, 0.05) is 11.8 Å². The first-order valence-electron chi connectivity index (χ1n) is 7.91. The Hall–Kier alpha value is -0.466. The molecule has 20 heavy (non-hydrogen) atoms. The van der Waals surface area contributed by atoms with E-state index in [1.165, 1.54) is 5.76 Å². The Balaban J connectivity index is 2.96. The van der Waals surface area contributed by atoms with E-state index in [1.807, 2.05) is 0 Å². The van der Waals surface area contributed by atoms with E-state index in [-0.39, 0.29) is 5.41 Å². The van der Waals surface area contributed by atoms with Gasteiger partial charge in [0.1, 0.15) is 8.07 Å². The molecule has 0 saturated carbocycles. The summed E-state index contributed by atoms with van der Waals surface area (Å²) in [6.45, 7) is 18.3. The maximum Gasteiger partial charge on any atom is 0.241 e. The molecule has 0 spiro atoms. The molecule has 114 valence electrons. The molecule has 0 bridgehead atoms. The second-order valence-electron chi connectivity index (χ2n) is 8.15. The van der Waals surface area contributed by atoms with Gasteiger partial charge in [-0.3, -0.25) is 0 Å². The first-order chi connectivity index (χ1) is 8.97. The molecule has 0 aromatic rings. The van der Waals surface area contributed by atoms with Crippen molar-refractivity contribution < 1.29 is 4.43 Å². The van der Waals surface area contributed by atoms with Crippen molar-refractivity contribution in [2.75, 3.05) is 0 Å².